The van der Waals surface area contributed by atoms with Gasteiger partial charge in [-0.1, -0.05) is 57.2 Å². The maximum absolute atomic E-state index is 12.5. The molecule has 0 radical (unpaired) electrons. The second-order valence-electron chi connectivity index (χ2n) is 10.5. The van der Waals surface area contributed by atoms with Crippen LogP contribution in [0.25, 0.3) is 11.3 Å². The predicted molar refractivity (Wildman–Crippen MR) is 141 cm³/mol. The van der Waals surface area contributed by atoms with Crippen molar-refractivity contribution in [2.45, 2.75) is 65.1 Å². The molecule has 1 aromatic heterocycles. The van der Waals surface area contributed by atoms with E-state index in [4.69, 9.17) is 15.1 Å². The van der Waals surface area contributed by atoms with Crippen LogP contribution in [0.15, 0.2) is 58.8 Å². The normalized spacial score (nSPS) is 26.7. The minimum absolute atomic E-state index is 0.0116. The summed E-state index contributed by atoms with van der Waals surface area (Å²) in [6, 6.07) is 14.9. The summed E-state index contributed by atoms with van der Waals surface area (Å²) in [5.41, 5.74) is 4.61. The van der Waals surface area contributed by atoms with Crippen molar-refractivity contribution in [3.63, 3.8) is 0 Å². The molecule has 1 aromatic carbocycles. The number of carbonyl (C=O) groups is 1. The molecule has 4 atom stereocenters. The highest BCUT2D eigenvalue weighted by Gasteiger charge is 2.44. The second-order valence-corrected chi connectivity index (χ2v) is 10.5. The molecule has 2 aromatic rings. The average Bonchev–Trinajstić information content (AvgIpc) is 3.33. The summed E-state index contributed by atoms with van der Waals surface area (Å²) in [4.78, 5) is 24.7. The molecule has 0 aliphatic carbocycles. The summed E-state index contributed by atoms with van der Waals surface area (Å²) in [5, 5.41) is 7.04. The van der Waals surface area contributed by atoms with Gasteiger partial charge in [-0.25, -0.2) is 0 Å². The molecule has 6 nitrogen and oxygen atoms in total. The van der Waals surface area contributed by atoms with Crippen molar-refractivity contribution < 1.29 is 4.79 Å². The third-order valence-corrected chi connectivity index (χ3v) is 8.01. The maximum atomic E-state index is 12.5. The molecule has 0 spiro atoms. The zero-order valence-corrected chi connectivity index (χ0v) is 21.3. The minimum Gasteiger partial charge on any atom is -0.342 e. The van der Waals surface area contributed by atoms with Crippen LogP contribution in [0.1, 0.15) is 58.4 Å². The van der Waals surface area contributed by atoms with Gasteiger partial charge >= 0.3 is 0 Å². The number of benzene rings is 1. The van der Waals surface area contributed by atoms with E-state index in [2.05, 4.69) is 49.3 Å². The van der Waals surface area contributed by atoms with Crippen LogP contribution in [0.4, 0.5) is 0 Å². The van der Waals surface area contributed by atoms with Crippen molar-refractivity contribution in [2.75, 3.05) is 13.1 Å². The first kappa shape index (κ1) is 23.7. The predicted octanol–water partition coefficient (Wildman–Crippen LogP) is 5.22. The van der Waals surface area contributed by atoms with Crippen LogP contribution in [0.3, 0.4) is 0 Å². The fourth-order valence-electron chi connectivity index (χ4n) is 5.98. The Morgan fingerprint density at radius 3 is 2.46 bits per heavy atom. The first-order valence-electron chi connectivity index (χ1n) is 13.2. The molecule has 35 heavy (non-hydrogen) atoms. The summed E-state index contributed by atoms with van der Waals surface area (Å²) in [7, 11) is 0. The number of carbonyl (C=O) groups excluding carboxylic acids is 1. The lowest BCUT2D eigenvalue weighted by Gasteiger charge is -2.44. The molecule has 5 rings (SSSR count). The first-order chi connectivity index (χ1) is 17.0. The monoisotopic (exact) mass is 471 g/mol. The third kappa shape index (κ3) is 4.51. The number of fused-ring (bicyclic) bond motifs is 1. The van der Waals surface area contributed by atoms with Gasteiger partial charge in [-0.05, 0) is 37.8 Å². The summed E-state index contributed by atoms with van der Waals surface area (Å²) in [6.45, 7) is 10.2. The Kier molecular flexibility index (Phi) is 6.72. The Labute approximate surface area is 209 Å². The topological polar surface area (TPSA) is 61.2 Å². The van der Waals surface area contributed by atoms with Crippen LogP contribution in [-0.4, -0.2) is 58.0 Å². The molecular formula is C29H37N5O. The summed E-state index contributed by atoms with van der Waals surface area (Å²) in [6.07, 6.45) is 7.11. The summed E-state index contributed by atoms with van der Waals surface area (Å²) < 4.78 is 0. The SMILES string of the molecule is CCC1C(C2CCN(C(=O)C(C)C)CC2)=NC2C(c3ccc(-c4ccccc4)nc3)C=NN2C1C. The van der Waals surface area contributed by atoms with Crippen LogP contribution in [0.2, 0.25) is 0 Å². The van der Waals surface area contributed by atoms with Crippen molar-refractivity contribution in [3.05, 3.63) is 54.2 Å². The van der Waals surface area contributed by atoms with Crippen molar-refractivity contribution in [3.8, 4) is 11.3 Å². The Morgan fingerprint density at radius 1 is 1.09 bits per heavy atom. The molecule has 0 bridgehead atoms. The lowest BCUT2D eigenvalue weighted by Crippen LogP contribution is -2.51. The van der Waals surface area contributed by atoms with Crippen LogP contribution in [-0.2, 0) is 4.79 Å². The van der Waals surface area contributed by atoms with Gasteiger partial charge in [0.2, 0.25) is 5.91 Å². The number of likely N-dealkylation sites (tertiary alicyclic amines) is 1. The van der Waals surface area contributed by atoms with Gasteiger partial charge in [-0.2, -0.15) is 5.10 Å². The van der Waals surface area contributed by atoms with Crippen LogP contribution in [0, 0.1) is 17.8 Å². The smallest absolute Gasteiger partial charge is 0.225 e. The van der Waals surface area contributed by atoms with E-state index in [0.717, 1.165) is 49.2 Å². The Bertz CT molecular complexity index is 1090. The van der Waals surface area contributed by atoms with Crippen LogP contribution >= 0.6 is 0 Å². The van der Waals surface area contributed by atoms with Gasteiger partial charge in [-0.3, -0.25) is 19.8 Å². The van der Waals surface area contributed by atoms with E-state index in [1.807, 2.05) is 43.1 Å². The number of aromatic nitrogens is 1. The number of aliphatic imine (C=N–C) groups is 1. The van der Waals surface area contributed by atoms with Gasteiger partial charge in [0.25, 0.3) is 0 Å². The van der Waals surface area contributed by atoms with Gasteiger partial charge in [0.1, 0.15) is 6.17 Å². The van der Waals surface area contributed by atoms with E-state index in [-0.39, 0.29) is 23.9 Å². The van der Waals surface area contributed by atoms with Crippen molar-refractivity contribution in [1.82, 2.24) is 14.9 Å². The quantitative estimate of drug-likeness (QED) is 0.600. The zero-order valence-electron chi connectivity index (χ0n) is 21.3. The van der Waals surface area contributed by atoms with E-state index < -0.39 is 0 Å². The highest BCUT2D eigenvalue weighted by atomic mass is 16.2. The molecule has 3 aliphatic rings. The average molecular weight is 472 g/mol. The van der Waals surface area contributed by atoms with Crippen molar-refractivity contribution >= 4 is 17.8 Å². The number of piperidine rings is 1. The number of hydrazone groups is 1. The number of hydrogen-bond donors (Lipinski definition) is 0. The van der Waals surface area contributed by atoms with E-state index in [0.29, 0.717) is 17.9 Å². The molecule has 4 unspecified atom stereocenters. The molecule has 1 fully saturated rings. The molecule has 3 aliphatic heterocycles. The number of amides is 1. The fraction of sp³-hybridized carbons (Fsp3) is 0.517. The number of hydrogen-bond acceptors (Lipinski definition) is 5. The zero-order chi connectivity index (χ0) is 24.5. The molecule has 6 heteroatoms. The van der Waals surface area contributed by atoms with Crippen molar-refractivity contribution in [1.29, 1.82) is 0 Å². The number of pyridine rings is 1. The first-order valence-corrected chi connectivity index (χ1v) is 13.2. The minimum atomic E-state index is -0.0116. The van der Waals surface area contributed by atoms with Gasteiger partial charge in [-0.15, -0.1) is 0 Å². The highest BCUT2D eigenvalue weighted by Crippen LogP contribution is 2.39. The molecule has 4 heterocycles. The van der Waals surface area contributed by atoms with E-state index >= 15 is 0 Å². The van der Waals surface area contributed by atoms with Crippen LogP contribution in [0.5, 0.6) is 0 Å². The third-order valence-electron chi connectivity index (χ3n) is 8.01. The lowest BCUT2D eigenvalue weighted by molar-refractivity contribution is -0.135. The summed E-state index contributed by atoms with van der Waals surface area (Å²) >= 11 is 0. The fourth-order valence-corrected chi connectivity index (χ4v) is 5.98. The molecule has 0 N–H and O–H groups in total. The Morgan fingerprint density at radius 2 is 1.83 bits per heavy atom. The van der Waals surface area contributed by atoms with Gasteiger partial charge in [0.05, 0.1) is 17.7 Å². The number of nitrogens with zero attached hydrogens (tertiary/aromatic N) is 5. The van der Waals surface area contributed by atoms with Gasteiger partial charge in [0.15, 0.2) is 0 Å². The maximum Gasteiger partial charge on any atom is 0.225 e. The lowest BCUT2D eigenvalue weighted by atomic mass is 9.78. The molecule has 1 amide bonds. The standard InChI is InChI=1S/C29H37N5O/c1-5-24-20(4)34-28(32-27(24)22-13-15-33(16-14-22)29(35)19(2)3)25(18-31-34)23-11-12-26(30-17-23)21-9-7-6-8-10-21/h6-12,17-20,22,24-25,28H,5,13-16H2,1-4H3. The highest BCUT2D eigenvalue weighted by molar-refractivity contribution is 5.91. The molecular weight excluding hydrogens is 434 g/mol. The van der Waals surface area contributed by atoms with Gasteiger partial charge < -0.3 is 4.90 Å². The Hall–Kier alpha value is -3.02. The van der Waals surface area contributed by atoms with Crippen molar-refractivity contribution in [2.24, 2.45) is 27.8 Å². The summed E-state index contributed by atoms with van der Waals surface area (Å²) in [5.74, 6) is 1.29. The molecule has 184 valence electrons. The van der Waals surface area contributed by atoms with E-state index in [1.165, 1.54) is 5.71 Å². The molecule has 0 saturated carbocycles. The van der Waals surface area contributed by atoms with E-state index in [1.54, 1.807) is 0 Å². The Balaban J connectivity index is 1.37. The van der Waals surface area contributed by atoms with Crippen LogP contribution < -0.4 is 0 Å². The number of rotatable bonds is 5. The van der Waals surface area contributed by atoms with E-state index in [9.17, 15) is 4.79 Å². The van der Waals surface area contributed by atoms with Gasteiger partial charge in [0, 0.05) is 54.5 Å². The molecule has 1 saturated heterocycles. The second kappa shape index (κ2) is 9.92. The largest absolute Gasteiger partial charge is 0.342 e.